The third kappa shape index (κ3) is 6.05. The molecule has 0 bridgehead atoms. The Hall–Kier alpha value is -0.590. The Morgan fingerprint density at radius 3 is 2.76 bits per heavy atom. The SMILES string of the molecule is CC1CCCC(COCC(C#N)NC(C)C)C1. The Morgan fingerprint density at radius 1 is 1.41 bits per heavy atom. The minimum absolute atomic E-state index is 0.170. The maximum Gasteiger partial charge on any atom is 0.119 e. The van der Waals surface area contributed by atoms with Crippen LogP contribution >= 0.6 is 0 Å². The van der Waals surface area contributed by atoms with Crippen LogP contribution in [0.3, 0.4) is 0 Å². The van der Waals surface area contributed by atoms with Gasteiger partial charge in [0.15, 0.2) is 0 Å². The van der Waals surface area contributed by atoms with Gasteiger partial charge in [-0.3, -0.25) is 5.32 Å². The molecule has 3 heteroatoms. The van der Waals surface area contributed by atoms with Crippen molar-refractivity contribution < 1.29 is 4.74 Å². The molecule has 1 N–H and O–H groups in total. The highest BCUT2D eigenvalue weighted by Crippen LogP contribution is 2.28. The number of nitrogens with one attached hydrogen (secondary N) is 1. The van der Waals surface area contributed by atoms with E-state index in [4.69, 9.17) is 10.00 Å². The molecule has 0 aromatic rings. The summed E-state index contributed by atoms with van der Waals surface area (Å²) in [5.74, 6) is 1.55. The van der Waals surface area contributed by atoms with Crippen molar-refractivity contribution in [2.75, 3.05) is 13.2 Å². The second kappa shape index (κ2) is 7.68. The largest absolute Gasteiger partial charge is 0.378 e. The Bertz CT molecular complexity index is 247. The third-order valence-corrected chi connectivity index (χ3v) is 3.37. The first kappa shape index (κ1) is 14.5. The average Bonchev–Trinajstić information content (AvgIpc) is 2.27. The van der Waals surface area contributed by atoms with Crippen LogP contribution < -0.4 is 5.32 Å². The van der Waals surface area contributed by atoms with Gasteiger partial charge in [-0.2, -0.15) is 5.26 Å². The van der Waals surface area contributed by atoms with E-state index in [1.54, 1.807) is 0 Å². The fourth-order valence-electron chi connectivity index (χ4n) is 2.59. The number of hydrogen-bond acceptors (Lipinski definition) is 3. The van der Waals surface area contributed by atoms with Gasteiger partial charge in [0.25, 0.3) is 0 Å². The van der Waals surface area contributed by atoms with Crippen LogP contribution in [0.25, 0.3) is 0 Å². The minimum atomic E-state index is -0.170. The topological polar surface area (TPSA) is 45.0 Å². The van der Waals surface area contributed by atoms with E-state index in [0.717, 1.165) is 12.5 Å². The Labute approximate surface area is 106 Å². The lowest BCUT2D eigenvalue weighted by molar-refractivity contribution is 0.0687. The molecule has 1 aliphatic carbocycles. The summed E-state index contributed by atoms with van der Waals surface area (Å²) in [6.07, 6.45) is 5.28. The molecule has 1 rings (SSSR count). The monoisotopic (exact) mass is 238 g/mol. The predicted octanol–water partition coefficient (Wildman–Crippen LogP) is 2.72. The van der Waals surface area contributed by atoms with Crippen LogP contribution in [0.2, 0.25) is 0 Å². The van der Waals surface area contributed by atoms with Crippen molar-refractivity contribution in [3.8, 4) is 6.07 Å². The van der Waals surface area contributed by atoms with Crippen LogP contribution in [0, 0.1) is 23.2 Å². The van der Waals surface area contributed by atoms with Crippen LogP contribution in [-0.4, -0.2) is 25.3 Å². The van der Waals surface area contributed by atoms with E-state index in [1.807, 2.05) is 13.8 Å². The molecule has 1 saturated carbocycles. The molecular formula is C14H26N2O. The standard InChI is InChI=1S/C14H26N2O/c1-11(2)16-14(8-15)10-17-9-13-6-4-5-12(3)7-13/h11-14,16H,4-7,9-10H2,1-3H3. The summed E-state index contributed by atoms with van der Waals surface area (Å²) in [4.78, 5) is 0. The van der Waals surface area contributed by atoms with Crippen LogP contribution in [0.4, 0.5) is 0 Å². The van der Waals surface area contributed by atoms with Crippen LogP contribution in [0.5, 0.6) is 0 Å². The fourth-order valence-corrected chi connectivity index (χ4v) is 2.59. The molecule has 0 amide bonds. The minimum Gasteiger partial charge on any atom is -0.378 e. The average molecular weight is 238 g/mol. The second-order valence-electron chi connectivity index (χ2n) is 5.68. The number of hydrogen-bond donors (Lipinski definition) is 1. The molecule has 1 fully saturated rings. The molecule has 0 spiro atoms. The molecule has 3 unspecified atom stereocenters. The van der Waals surface area contributed by atoms with E-state index in [1.165, 1.54) is 25.7 Å². The molecule has 0 aromatic carbocycles. The normalized spacial score (nSPS) is 26.8. The molecule has 98 valence electrons. The summed E-state index contributed by atoms with van der Waals surface area (Å²) in [5.41, 5.74) is 0. The number of ether oxygens (including phenoxy) is 1. The van der Waals surface area contributed by atoms with Gasteiger partial charge < -0.3 is 4.74 Å². The van der Waals surface area contributed by atoms with Gasteiger partial charge in [0.05, 0.1) is 12.7 Å². The van der Waals surface area contributed by atoms with Crippen molar-refractivity contribution in [3.63, 3.8) is 0 Å². The Kier molecular flexibility index (Phi) is 6.54. The highest BCUT2D eigenvalue weighted by molar-refractivity contribution is 4.90. The van der Waals surface area contributed by atoms with Gasteiger partial charge in [0.1, 0.15) is 6.04 Å². The molecule has 0 radical (unpaired) electrons. The highest BCUT2D eigenvalue weighted by Gasteiger charge is 2.19. The van der Waals surface area contributed by atoms with Crippen molar-refractivity contribution in [1.82, 2.24) is 5.32 Å². The van der Waals surface area contributed by atoms with Crippen LogP contribution in [0.15, 0.2) is 0 Å². The van der Waals surface area contributed by atoms with Gasteiger partial charge in [-0.15, -0.1) is 0 Å². The lowest BCUT2D eigenvalue weighted by atomic mass is 9.83. The van der Waals surface area contributed by atoms with E-state index in [2.05, 4.69) is 18.3 Å². The molecule has 3 atom stereocenters. The molecule has 0 saturated heterocycles. The molecule has 1 aliphatic rings. The zero-order valence-corrected chi connectivity index (χ0v) is 11.4. The fraction of sp³-hybridized carbons (Fsp3) is 0.929. The summed E-state index contributed by atoms with van der Waals surface area (Å²) < 4.78 is 5.69. The summed E-state index contributed by atoms with van der Waals surface area (Å²) in [7, 11) is 0. The van der Waals surface area contributed by atoms with Gasteiger partial charge in [-0.05, 0) is 38.5 Å². The van der Waals surface area contributed by atoms with Gasteiger partial charge in [0, 0.05) is 12.6 Å². The zero-order chi connectivity index (χ0) is 12.7. The van der Waals surface area contributed by atoms with Gasteiger partial charge in [0.2, 0.25) is 0 Å². The number of rotatable bonds is 6. The molecule has 3 nitrogen and oxygen atoms in total. The summed E-state index contributed by atoms with van der Waals surface area (Å²) >= 11 is 0. The second-order valence-corrected chi connectivity index (χ2v) is 5.68. The van der Waals surface area contributed by atoms with E-state index in [-0.39, 0.29) is 6.04 Å². The Morgan fingerprint density at radius 2 is 2.18 bits per heavy atom. The number of nitrogens with zero attached hydrogens (tertiary/aromatic N) is 1. The summed E-state index contributed by atoms with van der Waals surface area (Å²) in [5, 5.41) is 12.2. The van der Waals surface area contributed by atoms with E-state index < -0.39 is 0 Å². The first-order valence-corrected chi connectivity index (χ1v) is 6.85. The van der Waals surface area contributed by atoms with Crippen molar-refractivity contribution >= 4 is 0 Å². The van der Waals surface area contributed by atoms with E-state index >= 15 is 0 Å². The highest BCUT2D eigenvalue weighted by atomic mass is 16.5. The lowest BCUT2D eigenvalue weighted by Crippen LogP contribution is -2.37. The van der Waals surface area contributed by atoms with Crippen molar-refractivity contribution in [3.05, 3.63) is 0 Å². The van der Waals surface area contributed by atoms with Gasteiger partial charge in [-0.25, -0.2) is 0 Å². The summed E-state index contributed by atoms with van der Waals surface area (Å²) in [6.45, 7) is 7.76. The quantitative estimate of drug-likeness (QED) is 0.774. The van der Waals surface area contributed by atoms with Crippen LogP contribution in [-0.2, 0) is 4.74 Å². The van der Waals surface area contributed by atoms with Crippen molar-refractivity contribution in [2.24, 2.45) is 11.8 Å². The van der Waals surface area contributed by atoms with Crippen molar-refractivity contribution in [2.45, 2.75) is 58.5 Å². The molecular weight excluding hydrogens is 212 g/mol. The van der Waals surface area contributed by atoms with Gasteiger partial charge >= 0.3 is 0 Å². The molecule has 17 heavy (non-hydrogen) atoms. The first-order valence-electron chi connectivity index (χ1n) is 6.85. The lowest BCUT2D eigenvalue weighted by Gasteiger charge is -2.26. The van der Waals surface area contributed by atoms with E-state index in [9.17, 15) is 0 Å². The first-order chi connectivity index (χ1) is 8.11. The molecule has 0 heterocycles. The zero-order valence-electron chi connectivity index (χ0n) is 11.4. The molecule has 0 aliphatic heterocycles. The number of nitriles is 1. The molecule has 0 aromatic heterocycles. The maximum atomic E-state index is 8.96. The van der Waals surface area contributed by atoms with Crippen molar-refractivity contribution in [1.29, 1.82) is 5.26 Å². The Balaban J connectivity index is 2.15. The predicted molar refractivity (Wildman–Crippen MR) is 69.6 cm³/mol. The maximum absolute atomic E-state index is 8.96. The van der Waals surface area contributed by atoms with Gasteiger partial charge in [-0.1, -0.05) is 19.8 Å². The summed E-state index contributed by atoms with van der Waals surface area (Å²) in [6, 6.07) is 2.40. The third-order valence-electron chi connectivity index (χ3n) is 3.37. The van der Waals surface area contributed by atoms with E-state index in [0.29, 0.717) is 18.6 Å². The smallest absolute Gasteiger partial charge is 0.119 e. The van der Waals surface area contributed by atoms with Crippen LogP contribution in [0.1, 0.15) is 46.5 Å².